The Bertz CT molecular complexity index is 623. The minimum absolute atomic E-state index is 0.347. The summed E-state index contributed by atoms with van der Waals surface area (Å²) in [6.07, 6.45) is 0. The van der Waals surface area contributed by atoms with Crippen LogP contribution in [0.3, 0.4) is 0 Å². The second-order valence-electron chi connectivity index (χ2n) is 3.63. The van der Waals surface area contributed by atoms with Gasteiger partial charge in [-0.1, -0.05) is 6.07 Å². The molecule has 1 aromatic carbocycles. The van der Waals surface area contributed by atoms with E-state index in [-0.39, 0.29) is 5.91 Å². The Morgan fingerprint density at radius 3 is 2.79 bits per heavy atom. The third-order valence-electron chi connectivity index (χ3n) is 2.25. The fourth-order valence-corrected chi connectivity index (χ4v) is 2.09. The maximum absolute atomic E-state index is 11.5. The van der Waals surface area contributed by atoms with Crippen LogP contribution in [0.4, 0.5) is 4.79 Å². The van der Waals surface area contributed by atoms with Crippen molar-refractivity contribution in [1.29, 1.82) is 0 Å². The van der Waals surface area contributed by atoms with E-state index in [9.17, 15) is 9.59 Å². The second kappa shape index (κ2) is 5.66. The number of fused-ring (bicyclic) bond motifs is 1. The third-order valence-corrected chi connectivity index (χ3v) is 2.94. The van der Waals surface area contributed by atoms with E-state index < -0.39 is 5.24 Å². The predicted molar refractivity (Wildman–Crippen MR) is 71.0 cm³/mol. The summed E-state index contributed by atoms with van der Waals surface area (Å²) in [6.45, 7) is 1.30. The zero-order valence-electron chi connectivity index (χ0n) is 10.4. The van der Waals surface area contributed by atoms with Crippen LogP contribution in [0.5, 0.6) is 5.75 Å². The van der Waals surface area contributed by atoms with Crippen molar-refractivity contribution in [2.75, 3.05) is 7.11 Å². The third kappa shape index (κ3) is 3.19. The average Bonchev–Trinajstić information content (AvgIpc) is 2.78. The molecule has 0 aliphatic heterocycles. The minimum Gasteiger partial charge on any atom is -0.496 e. The van der Waals surface area contributed by atoms with Crippen LogP contribution in [-0.4, -0.2) is 18.3 Å². The van der Waals surface area contributed by atoms with Gasteiger partial charge in [0.1, 0.15) is 11.3 Å². The van der Waals surface area contributed by atoms with E-state index in [0.717, 1.165) is 17.1 Å². The van der Waals surface area contributed by atoms with Gasteiger partial charge < -0.3 is 9.15 Å². The van der Waals surface area contributed by atoms with Crippen molar-refractivity contribution in [2.45, 2.75) is 12.0 Å². The van der Waals surface area contributed by atoms with Crippen molar-refractivity contribution in [3.63, 3.8) is 0 Å². The van der Waals surface area contributed by atoms with Gasteiger partial charge in [0.2, 0.25) is 5.91 Å². The lowest BCUT2D eigenvalue weighted by Crippen LogP contribution is -2.38. The molecule has 2 N–H and O–H groups in total. The molecule has 0 bridgehead atoms. The van der Waals surface area contributed by atoms with Gasteiger partial charge in [-0.2, -0.15) is 0 Å². The molecule has 0 aliphatic carbocycles. The first-order chi connectivity index (χ1) is 9.10. The van der Waals surface area contributed by atoms with Crippen molar-refractivity contribution >= 4 is 33.9 Å². The molecular formula is C12H12N2O4S. The summed E-state index contributed by atoms with van der Waals surface area (Å²) in [6, 6.07) is 7.11. The molecule has 7 heteroatoms. The van der Waals surface area contributed by atoms with E-state index in [2.05, 4.69) is 10.9 Å². The molecule has 0 saturated carbocycles. The van der Waals surface area contributed by atoms with Crippen molar-refractivity contribution < 1.29 is 18.7 Å². The van der Waals surface area contributed by atoms with Crippen molar-refractivity contribution in [2.24, 2.45) is 0 Å². The largest absolute Gasteiger partial charge is 0.496 e. The summed E-state index contributed by atoms with van der Waals surface area (Å²) in [5.74, 6) is 0.329. The molecule has 1 heterocycles. The van der Waals surface area contributed by atoms with Gasteiger partial charge in [-0.05, 0) is 12.1 Å². The van der Waals surface area contributed by atoms with Gasteiger partial charge in [0, 0.05) is 24.8 Å². The maximum Gasteiger partial charge on any atom is 0.305 e. The maximum atomic E-state index is 11.5. The summed E-state index contributed by atoms with van der Waals surface area (Å²) in [5.41, 5.74) is 5.07. The van der Waals surface area contributed by atoms with Gasteiger partial charge in [0.05, 0.1) is 12.5 Å². The molecule has 1 aromatic heterocycles. The van der Waals surface area contributed by atoms with Gasteiger partial charge in [-0.25, -0.2) is 0 Å². The smallest absolute Gasteiger partial charge is 0.305 e. The monoisotopic (exact) mass is 280 g/mol. The number of amides is 2. The normalized spacial score (nSPS) is 10.2. The van der Waals surface area contributed by atoms with Crippen molar-refractivity contribution in [3.05, 3.63) is 24.3 Å². The van der Waals surface area contributed by atoms with Gasteiger partial charge in [0.15, 0.2) is 5.09 Å². The Kier molecular flexibility index (Phi) is 3.96. The van der Waals surface area contributed by atoms with E-state index in [0.29, 0.717) is 16.4 Å². The van der Waals surface area contributed by atoms with Gasteiger partial charge in [0.25, 0.3) is 0 Å². The predicted octanol–water partition coefficient (Wildman–Crippen LogP) is 2.29. The number of nitrogens with one attached hydrogen (secondary N) is 2. The standard InChI is InChI=1S/C12H12N2O4S/c1-7(15)13-14-12(16)19-11-6-8-9(17-2)4-3-5-10(8)18-11/h3-6H,1-2H3,(H,13,15)(H,14,16). The summed E-state index contributed by atoms with van der Waals surface area (Å²) < 4.78 is 10.7. The summed E-state index contributed by atoms with van der Waals surface area (Å²) >= 11 is 0.844. The molecule has 0 spiro atoms. The molecule has 0 aliphatic rings. The molecule has 0 radical (unpaired) electrons. The Hall–Kier alpha value is -2.15. The highest BCUT2D eigenvalue weighted by Gasteiger charge is 2.12. The number of hydrazine groups is 1. The molecule has 6 nitrogen and oxygen atoms in total. The van der Waals surface area contributed by atoms with Crippen LogP contribution in [0.15, 0.2) is 33.8 Å². The number of benzene rings is 1. The van der Waals surface area contributed by atoms with Gasteiger partial charge in [-0.15, -0.1) is 0 Å². The zero-order valence-corrected chi connectivity index (χ0v) is 11.2. The Labute approximate surface area is 113 Å². The number of hydrogen-bond acceptors (Lipinski definition) is 5. The zero-order chi connectivity index (χ0) is 13.8. The number of rotatable bonds is 2. The van der Waals surface area contributed by atoms with Crippen molar-refractivity contribution in [1.82, 2.24) is 10.9 Å². The molecule has 0 fully saturated rings. The fraction of sp³-hybridized carbons (Fsp3) is 0.167. The molecule has 0 saturated heterocycles. The number of furan rings is 1. The van der Waals surface area contributed by atoms with E-state index in [4.69, 9.17) is 9.15 Å². The quantitative estimate of drug-likeness (QED) is 0.651. The number of hydrogen-bond donors (Lipinski definition) is 2. The Morgan fingerprint density at radius 1 is 1.32 bits per heavy atom. The van der Waals surface area contributed by atoms with Crippen LogP contribution in [0, 0.1) is 0 Å². The summed E-state index contributed by atoms with van der Waals surface area (Å²) in [5, 5.41) is 0.774. The Morgan fingerprint density at radius 2 is 2.11 bits per heavy atom. The number of methoxy groups -OCH3 is 1. The van der Waals surface area contributed by atoms with E-state index in [1.54, 1.807) is 25.3 Å². The molecule has 0 atom stereocenters. The molecule has 2 aromatic rings. The lowest BCUT2D eigenvalue weighted by Gasteiger charge is -2.01. The number of carbonyl (C=O) groups is 2. The molecule has 2 amide bonds. The first-order valence-corrected chi connectivity index (χ1v) is 6.22. The number of thioether (sulfide) groups is 1. The Balaban J connectivity index is 2.13. The highest BCUT2D eigenvalue weighted by atomic mass is 32.2. The van der Waals surface area contributed by atoms with Crippen LogP contribution >= 0.6 is 11.8 Å². The van der Waals surface area contributed by atoms with Crippen LogP contribution in [0.1, 0.15) is 6.92 Å². The SMILES string of the molecule is COc1cccc2oc(SC(=O)NNC(C)=O)cc12. The van der Waals surface area contributed by atoms with E-state index >= 15 is 0 Å². The lowest BCUT2D eigenvalue weighted by molar-refractivity contribution is -0.119. The molecule has 2 rings (SSSR count). The molecular weight excluding hydrogens is 268 g/mol. The average molecular weight is 280 g/mol. The van der Waals surface area contributed by atoms with Crippen LogP contribution in [0.2, 0.25) is 0 Å². The van der Waals surface area contributed by atoms with E-state index in [1.807, 2.05) is 6.07 Å². The number of ether oxygens (including phenoxy) is 1. The number of carbonyl (C=O) groups excluding carboxylic acids is 2. The van der Waals surface area contributed by atoms with Crippen LogP contribution < -0.4 is 15.6 Å². The molecule has 0 unspecified atom stereocenters. The fourth-order valence-electron chi connectivity index (χ4n) is 1.50. The van der Waals surface area contributed by atoms with Crippen LogP contribution in [0.25, 0.3) is 11.0 Å². The second-order valence-corrected chi connectivity index (χ2v) is 4.61. The van der Waals surface area contributed by atoms with E-state index in [1.165, 1.54) is 6.92 Å². The first kappa shape index (κ1) is 13.3. The highest BCUT2D eigenvalue weighted by molar-refractivity contribution is 8.13. The first-order valence-electron chi connectivity index (χ1n) is 5.41. The summed E-state index contributed by atoms with van der Waals surface area (Å²) in [4.78, 5) is 22.1. The lowest BCUT2D eigenvalue weighted by atomic mass is 10.2. The summed E-state index contributed by atoms with van der Waals surface area (Å²) in [7, 11) is 1.57. The highest BCUT2D eigenvalue weighted by Crippen LogP contribution is 2.32. The van der Waals surface area contributed by atoms with Crippen molar-refractivity contribution in [3.8, 4) is 5.75 Å². The molecule has 19 heavy (non-hydrogen) atoms. The molecule has 100 valence electrons. The topological polar surface area (TPSA) is 80.6 Å². The van der Waals surface area contributed by atoms with Gasteiger partial charge >= 0.3 is 5.24 Å². The van der Waals surface area contributed by atoms with Crippen LogP contribution in [-0.2, 0) is 4.79 Å². The minimum atomic E-state index is -0.437. The van der Waals surface area contributed by atoms with Gasteiger partial charge in [-0.3, -0.25) is 20.4 Å².